The number of alkyl halides is 3. The van der Waals surface area contributed by atoms with Crippen molar-refractivity contribution in [1.82, 2.24) is 4.72 Å². The van der Waals surface area contributed by atoms with E-state index in [0.717, 1.165) is 6.92 Å². The number of rotatable bonds is 6. The summed E-state index contributed by atoms with van der Waals surface area (Å²) < 4.78 is 59.1. The van der Waals surface area contributed by atoms with Crippen molar-refractivity contribution in [2.45, 2.75) is 32.0 Å². The Balaban J connectivity index is 4.12. The summed E-state index contributed by atoms with van der Waals surface area (Å²) in [7, 11) is -3.98. The molecule has 0 aromatic rings. The van der Waals surface area contributed by atoms with Gasteiger partial charge in [0.2, 0.25) is 10.0 Å². The Bertz CT molecular complexity index is 338. The van der Waals surface area contributed by atoms with Gasteiger partial charge in [0.25, 0.3) is 0 Å². The molecule has 0 aliphatic carbocycles. The molecule has 0 aliphatic rings. The molecule has 0 saturated heterocycles. The van der Waals surface area contributed by atoms with Gasteiger partial charge in [0.15, 0.2) is 0 Å². The summed E-state index contributed by atoms with van der Waals surface area (Å²) in [5.41, 5.74) is 0. The molecule has 0 radical (unpaired) electrons. The number of carboxylic acids is 1. The molecule has 0 heterocycles. The summed E-state index contributed by atoms with van der Waals surface area (Å²) in [5.74, 6) is -2.14. The van der Waals surface area contributed by atoms with E-state index in [4.69, 9.17) is 5.11 Å². The SMILES string of the molecule is CC(NS(=O)(=O)CCCC(F)(F)F)C(=O)O. The van der Waals surface area contributed by atoms with Crippen LogP contribution in [0.5, 0.6) is 0 Å². The number of nitrogens with one attached hydrogen (secondary N) is 1. The van der Waals surface area contributed by atoms with Crippen LogP contribution in [0.4, 0.5) is 13.2 Å². The second-order valence-electron chi connectivity index (χ2n) is 3.22. The Kier molecular flexibility index (Phi) is 5.20. The minimum absolute atomic E-state index is 0.592. The highest BCUT2D eigenvalue weighted by molar-refractivity contribution is 7.89. The van der Waals surface area contributed by atoms with Gasteiger partial charge in [-0.05, 0) is 13.3 Å². The summed E-state index contributed by atoms with van der Waals surface area (Å²) >= 11 is 0. The molecule has 0 spiro atoms. The van der Waals surface area contributed by atoms with Gasteiger partial charge in [-0.1, -0.05) is 0 Å². The minimum Gasteiger partial charge on any atom is -0.480 e. The van der Waals surface area contributed by atoms with Gasteiger partial charge in [0.05, 0.1) is 5.75 Å². The lowest BCUT2D eigenvalue weighted by Crippen LogP contribution is -2.39. The summed E-state index contributed by atoms with van der Waals surface area (Å²) in [6.07, 6.45) is -6.21. The van der Waals surface area contributed by atoms with E-state index in [0.29, 0.717) is 0 Å². The monoisotopic (exact) mass is 263 g/mol. The Labute approximate surface area is 90.7 Å². The van der Waals surface area contributed by atoms with E-state index in [2.05, 4.69) is 0 Å². The fourth-order valence-corrected chi connectivity index (χ4v) is 2.12. The van der Waals surface area contributed by atoms with E-state index in [1.165, 1.54) is 0 Å². The third kappa shape index (κ3) is 7.46. The topological polar surface area (TPSA) is 83.5 Å². The van der Waals surface area contributed by atoms with E-state index >= 15 is 0 Å². The molecule has 1 unspecified atom stereocenters. The van der Waals surface area contributed by atoms with Crippen molar-refractivity contribution in [2.24, 2.45) is 0 Å². The molecule has 0 bridgehead atoms. The van der Waals surface area contributed by atoms with Crippen LogP contribution in [0.15, 0.2) is 0 Å². The van der Waals surface area contributed by atoms with Gasteiger partial charge in [-0.15, -0.1) is 0 Å². The lowest BCUT2D eigenvalue weighted by molar-refractivity contribution is -0.138. The van der Waals surface area contributed by atoms with Gasteiger partial charge in [-0.25, -0.2) is 13.1 Å². The molecule has 1 atom stereocenters. The smallest absolute Gasteiger partial charge is 0.389 e. The summed E-state index contributed by atoms with van der Waals surface area (Å²) in [6, 6.07) is -1.35. The van der Waals surface area contributed by atoms with Crippen LogP contribution in [-0.4, -0.2) is 37.5 Å². The molecule has 0 aromatic carbocycles. The van der Waals surface area contributed by atoms with Crippen LogP contribution in [0.3, 0.4) is 0 Å². The zero-order valence-electron chi connectivity index (χ0n) is 8.41. The molecular weight excluding hydrogens is 251 g/mol. The predicted octanol–water partition coefficient (Wildman–Crippen LogP) is 0.721. The van der Waals surface area contributed by atoms with Crippen LogP contribution >= 0.6 is 0 Å². The number of hydrogen-bond acceptors (Lipinski definition) is 3. The van der Waals surface area contributed by atoms with Crippen LogP contribution < -0.4 is 4.72 Å². The first-order chi connectivity index (χ1) is 7.03. The lowest BCUT2D eigenvalue weighted by atomic mass is 10.3. The van der Waals surface area contributed by atoms with Gasteiger partial charge in [-0.2, -0.15) is 13.2 Å². The van der Waals surface area contributed by atoms with Crippen molar-refractivity contribution < 1.29 is 31.5 Å². The number of hydrogen-bond donors (Lipinski definition) is 2. The summed E-state index contributed by atoms with van der Waals surface area (Å²) in [5, 5.41) is 8.39. The van der Waals surface area contributed by atoms with E-state index in [9.17, 15) is 26.4 Å². The molecule has 5 nitrogen and oxygen atoms in total. The molecule has 2 N–H and O–H groups in total. The van der Waals surface area contributed by atoms with E-state index in [1.54, 1.807) is 4.72 Å². The maximum atomic E-state index is 11.7. The molecule has 0 saturated carbocycles. The highest BCUT2D eigenvalue weighted by Gasteiger charge is 2.28. The van der Waals surface area contributed by atoms with Crippen molar-refractivity contribution in [1.29, 1.82) is 0 Å². The van der Waals surface area contributed by atoms with Gasteiger partial charge in [0, 0.05) is 6.42 Å². The molecule has 0 aromatic heterocycles. The first kappa shape index (κ1) is 15.2. The second-order valence-corrected chi connectivity index (χ2v) is 5.09. The molecule has 0 fully saturated rings. The maximum Gasteiger partial charge on any atom is 0.389 e. The van der Waals surface area contributed by atoms with Crippen molar-refractivity contribution >= 4 is 16.0 Å². The normalized spacial score (nSPS) is 14.8. The van der Waals surface area contributed by atoms with Gasteiger partial charge < -0.3 is 5.11 Å². The predicted molar refractivity (Wildman–Crippen MR) is 49.3 cm³/mol. The number of sulfonamides is 1. The second kappa shape index (κ2) is 5.48. The average molecular weight is 263 g/mol. The van der Waals surface area contributed by atoms with Crippen LogP contribution in [0, 0.1) is 0 Å². The number of halogens is 3. The van der Waals surface area contributed by atoms with Crippen LogP contribution in [0.2, 0.25) is 0 Å². The van der Waals surface area contributed by atoms with Crippen molar-refractivity contribution in [2.75, 3.05) is 5.75 Å². The fraction of sp³-hybridized carbons (Fsp3) is 0.857. The van der Waals surface area contributed by atoms with E-state index in [1.807, 2.05) is 0 Å². The fourth-order valence-electron chi connectivity index (χ4n) is 0.841. The van der Waals surface area contributed by atoms with Gasteiger partial charge >= 0.3 is 12.1 Å². The lowest BCUT2D eigenvalue weighted by Gasteiger charge is -2.10. The number of aliphatic carboxylic acids is 1. The molecule has 0 rings (SSSR count). The molecule has 0 amide bonds. The van der Waals surface area contributed by atoms with Crippen molar-refractivity contribution in [3.05, 3.63) is 0 Å². The van der Waals surface area contributed by atoms with Crippen LogP contribution in [-0.2, 0) is 14.8 Å². The number of carbonyl (C=O) groups is 1. The van der Waals surface area contributed by atoms with Gasteiger partial charge in [-0.3, -0.25) is 4.79 Å². The maximum absolute atomic E-state index is 11.7. The molecule has 16 heavy (non-hydrogen) atoms. The molecule has 0 aliphatic heterocycles. The summed E-state index contributed by atoms with van der Waals surface area (Å²) in [6.45, 7) is 1.09. The zero-order valence-corrected chi connectivity index (χ0v) is 9.23. The first-order valence-electron chi connectivity index (χ1n) is 4.33. The Morgan fingerprint density at radius 2 is 1.94 bits per heavy atom. The largest absolute Gasteiger partial charge is 0.480 e. The molecule has 9 heteroatoms. The Morgan fingerprint density at radius 3 is 2.31 bits per heavy atom. The highest BCUT2D eigenvalue weighted by Crippen LogP contribution is 2.21. The standard InChI is InChI=1S/C7H12F3NO4S/c1-5(6(12)13)11-16(14,15)4-2-3-7(8,9)10/h5,11H,2-4H2,1H3,(H,12,13). The van der Waals surface area contributed by atoms with Crippen molar-refractivity contribution in [3.63, 3.8) is 0 Å². The third-order valence-corrected chi connectivity index (χ3v) is 3.14. The van der Waals surface area contributed by atoms with Gasteiger partial charge in [0.1, 0.15) is 6.04 Å². The Hall–Kier alpha value is -0.830. The van der Waals surface area contributed by atoms with E-state index < -0.39 is 46.8 Å². The van der Waals surface area contributed by atoms with Crippen LogP contribution in [0.25, 0.3) is 0 Å². The van der Waals surface area contributed by atoms with Crippen LogP contribution in [0.1, 0.15) is 19.8 Å². The third-order valence-electron chi connectivity index (χ3n) is 1.60. The number of carboxylic acid groups (broad SMARTS) is 1. The zero-order chi connectivity index (χ0) is 13.0. The molecule has 96 valence electrons. The molecular formula is C7H12F3NO4S. The summed E-state index contributed by atoms with van der Waals surface area (Å²) in [4.78, 5) is 10.3. The quantitative estimate of drug-likeness (QED) is 0.739. The van der Waals surface area contributed by atoms with E-state index in [-0.39, 0.29) is 0 Å². The minimum atomic E-state index is -4.41. The Morgan fingerprint density at radius 1 is 1.44 bits per heavy atom. The first-order valence-corrected chi connectivity index (χ1v) is 5.98. The van der Waals surface area contributed by atoms with Crippen molar-refractivity contribution in [3.8, 4) is 0 Å². The highest BCUT2D eigenvalue weighted by atomic mass is 32.2. The average Bonchev–Trinajstić information content (AvgIpc) is 1.99.